The highest BCUT2D eigenvalue weighted by Gasteiger charge is 2.35. The topological polar surface area (TPSA) is 22.3 Å². The summed E-state index contributed by atoms with van der Waals surface area (Å²) in [6.07, 6.45) is 8.91. The third-order valence-electron chi connectivity index (χ3n) is 5.74. The van der Waals surface area contributed by atoms with Gasteiger partial charge in [0.15, 0.2) is 0 Å². The van der Waals surface area contributed by atoms with Crippen molar-refractivity contribution in [3.63, 3.8) is 0 Å². The summed E-state index contributed by atoms with van der Waals surface area (Å²) in [5, 5.41) is 3.30. The van der Waals surface area contributed by atoms with E-state index in [1.54, 1.807) is 0 Å². The summed E-state index contributed by atoms with van der Waals surface area (Å²) in [4.78, 5) is 0. The lowest BCUT2D eigenvalue weighted by molar-refractivity contribution is -0.595. The maximum absolute atomic E-state index is 3.30. The average molecular weight is 361 g/mol. The Labute approximate surface area is 162 Å². The number of hydrogen-bond acceptors (Lipinski definition) is 1. The van der Waals surface area contributed by atoms with E-state index in [1.165, 1.54) is 33.6 Å². The Morgan fingerprint density at radius 1 is 1.19 bits per heavy atom. The fourth-order valence-corrected chi connectivity index (χ4v) is 4.29. The molecule has 1 aliphatic heterocycles. The van der Waals surface area contributed by atoms with Gasteiger partial charge in [0.05, 0.1) is 17.7 Å². The van der Waals surface area contributed by atoms with Crippen molar-refractivity contribution in [3.05, 3.63) is 76.8 Å². The predicted molar refractivity (Wildman–Crippen MR) is 112 cm³/mol. The van der Waals surface area contributed by atoms with Crippen LogP contribution in [0.3, 0.4) is 0 Å². The fourth-order valence-electron chi connectivity index (χ4n) is 4.29. The van der Waals surface area contributed by atoms with Gasteiger partial charge in [0.2, 0.25) is 11.4 Å². The van der Waals surface area contributed by atoms with Crippen molar-refractivity contribution in [2.45, 2.75) is 45.4 Å². The van der Waals surface area contributed by atoms with Crippen LogP contribution < -0.4 is 9.67 Å². The van der Waals surface area contributed by atoms with E-state index in [0.29, 0.717) is 11.8 Å². The van der Waals surface area contributed by atoms with Gasteiger partial charge in [-0.2, -0.15) is 0 Å². The van der Waals surface area contributed by atoms with Crippen LogP contribution in [0, 0.1) is 5.71 Å². The molecular weight excluding hydrogens is 330 g/mol. The van der Waals surface area contributed by atoms with Gasteiger partial charge in [-0.25, -0.2) is 0 Å². The van der Waals surface area contributed by atoms with Crippen LogP contribution in [0.2, 0.25) is 0 Å². The zero-order valence-electron chi connectivity index (χ0n) is 16.9. The largest absolute Gasteiger partial charge is 0.319 e. The molecule has 3 nitrogen and oxygen atoms in total. The Morgan fingerprint density at radius 3 is 2.67 bits per heavy atom. The minimum atomic E-state index is 0.555. The van der Waals surface area contributed by atoms with Gasteiger partial charge in [0.1, 0.15) is 5.52 Å². The highest BCUT2D eigenvalue weighted by atomic mass is 15.3. The summed E-state index contributed by atoms with van der Waals surface area (Å²) in [7, 11) is 2.03. The van der Waals surface area contributed by atoms with E-state index in [0.717, 1.165) is 19.4 Å². The molecule has 0 radical (unpaired) electrons. The third-order valence-corrected chi connectivity index (χ3v) is 5.74. The van der Waals surface area contributed by atoms with Crippen molar-refractivity contribution in [1.29, 1.82) is 0 Å². The van der Waals surface area contributed by atoms with Gasteiger partial charge in [-0.15, -0.1) is 4.52 Å². The van der Waals surface area contributed by atoms with Crippen LogP contribution in [-0.4, -0.2) is 18.1 Å². The Kier molecular flexibility index (Phi) is 4.88. The minimum absolute atomic E-state index is 0.555. The molecule has 1 unspecified atom stereocenters. The number of nitrogens with one attached hydrogen (secondary N) is 1. The van der Waals surface area contributed by atoms with Crippen LogP contribution in [0.4, 0.5) is 0 Å². The number of hydrogen-bond donors (Lipinski definition) is 1. The minimum Gasteiger partial charge on any atom is -0.319 e. The van der Waals surface area contributed by atoms with E-state index in [2.05, 4.69) is 89.7 Å². The molecule has 4 rings (SSSR count). The van der Waals surface area contributed by atoms with Crippen LogP contribution in [0.5, 0.6) is 0 Å². The number of aromatic nitrogens is 2. The third kappa shape index (κ3) is 3.21. The molecule has 0 fully saturated rings. The van der Waals surface area contributed by atoms with E-state index in [9.17, 15) is 0 Å². The first-order valence-corrected chi connectivity index (χ1v) is 10.1. The Balaban J connectivity index is 1.75. The smallest absolute Gasteiger partial charge is 0.221 e. The van der Waals surface area contributed by atoms with Crippen molar-refractivity contribution in [3.8, 4) is 0 Å². The first-order valence-electron chi connectivity index (χ1n) is 10.1. The summed E-state index contributed by atoms with van der Waals surface area (Å²) in [6, 6.07) is 13.3. The van der Waals surface area contributed by atoms with Crippen molar-refractivity contribution in [2.75, 3.05) is 13.6 Å². The highest BCUT2D eigenvalue weighted by Crippen LogP contribution is 2.31. The second kappa shape index (κ2) is 7.32. The quantitative estimate of drug-likeness (QED) is 0.646. The van der Waals surface area contributed by atoms with Gasteiger partial charge in [-0.05, 0) is 55.3 Å². The molecule has 1 atom stereocenters. The van der Waals surface area contributed by atoms with Crippen molar-refractivity contribution in [1.82, 2.24) is 9.83 Å². The van der Waals surface area contributed by atoms with Crippen LogP contribution in [0.25, 0.3) is 11.6 Å². The molecular formula is C24H30N3+. The first kappa shape index (κ1) is 18.0. The van der Waals surface area contributed by atoms with Gasteiger partial charge in [-0.1, -0.05) is 49.4 Å². The molecule has 27 heavy (non-hydrogen) atoms. The van der Waals surface area contributed by atoms with Crippen molar-refractivity contribution in [2.24, 2.45) is 0 Å². The number of fused-ring (bicyclic) bond motifs is 3. The Bertz CT molecular complexity index is 1020. The molecule has 2 aromatic heterocycles. The van der Waals surface area contributed by atoms with Gasteiger partial charge in [0, 0.05) is 12.5 Å². The second-order valence-corrected chi connectivity index (χ2v) is 8.02. The standard InChI is InChI=1S/C24H30N3/c1-17(2)20-10-7-19(8-11-20)9-12-21-16-18(3)24-22(13-14-25-4)23-6-5-15-26(23)27(21)24/h5-12,15,17-18,25H,13-14,16H2,1-4H3/q+1/b12-9+. The number of allylic oxidation sites excluding steroid dienone is 1. The molecule has 0 spiro atoms. The molecule has 3 aromatic rings. The molecule has 0 amide bonds. The van der Waals surface area contributed by atoms with Gasteiger partial charge < -0.3 is 5.32 Å². The SMILES string of the molecule is CNCCc1c2[n+](n3cccc13)=C(/C=C/c1ccc(C(C)C)cc1)CC2C. The van der Waals surface area contributed by atoms with Crippen LogP contribution in [-0.2, 0) is 6.42 Å². The summed E-state index contributed by atoms with van der Waals surface area (Å²) in [5.41, 5.74) is 8.35. The predicted octanol–water partition coefficient (Wildman–Crippen LogP) is 4.43. The molecule has 0 saturated carbocycles. The summed E-state index contributed by atoms with van der Waals surface area (Å²) in [6.45, 7) is 7.84. The molecule has 140 valence electrons. The normalized spacial score (nSPS) is 16.9. The monoisotopic (exact) mass is 360 g/mol. The van der Waals surface area contributed by atoms with Crippen LogP contribution in [0.15, 0.2) is 48.7 Å². The van der Waals surface area contributed by atoms with Crippen LogP contribution in [0.1, 0.15) is 61.4 Å². The lowest BCUT2D eigenvalue weighted by Gasteiger charge is -2.04. The lowest BCUT2D eigenvalue weighted by Crippen LogP contribution is -2.27. The molecule has 1 aliphatic rings. The number of rotatable bonds is 6. The maximum Gasteiger partial charge on any atom is 0.221 e. The summed E-state index contributed by atoms with van der Waals surface area (Å²) in [5.74, 6) is 1.13. The van der Waals surface area contributed by atoms with Crippen LogP contribution >= 0.6 is 0 Å². The van der Waals surface area contributed by atoms with Gasteiger partial charge >= 0.3 is 0 Å². The summed E-state index contributed by atoms with van der Waals surface area (Å²) >= 11 is 0. The molecule has 1 aromatic carbocycles. The molecule has 3 heterocycles. The molecule has 1 N–H and O–H groups in total. The average Bonchev–Trinajstić information content (AvgIpc) is 3.32. The van der Waals surface area contributed by atoms with E-state index in [-0.39, 0.29) is 0 Å². The Hall–Kier alpha value is -2.39. The van der Waals surface area contributed by atoms with E-state index >= 15 is 0 Å². The fraction of sp³-hybridized carbons (Fsp3) is 0.375. The molecule has 0 bridgehead atoms. The second-order valence-electron chi connectivity index (χ2n) is 8.02. The zero-order chi connectivity index (χ0) is 19.0. The maximum atomic E-state index is 3.30. The highest BCUT2D eigenvalue weighted by molar-refractivity contribution is 5.57. The number of likely N-dealkylation sites (N-methyl/N-ethyl adjacent to an activating group) is 1. The van der Waals surface area contributed by atoms with Gasteiger partial charge in [-0.3, -0.25) is 0 Å². The van der Waals surface area contributed by atoms with Gasteiger partial charge in [0.25, 0.3) is 0 Å². The zero-order valence-corrected chi connectivity index (χ0v) is 16.9. The number of nitrogens with zero attached hydrogens (tertiary/aromatic N) is 2. The molecule has 3 heteroatoms. The van der Waals surface area contributed by atoms with E-state index in [1.807, 2.05) is 7.05 Å². The molecule has 0 aliphatic carbocycles. The van der Waals surface area contributed by atoms with Crippen molar-refractivity contribution >= 4 is 11.6 Å². The Morgan fingerprint density at radius 2 is 1.96 bits per heavy atom. The first-order chi connectivity index (χ1) is 13.1. The van der Waals surface area contributed by atoms with E-state index in [4.69, 9.17) is 0 Å². The van der Waals surface area contributed by atoms with Crippen molar-refractivity contribution < 1.29 is 4.36 Å². The number of benzene rings is 1. The van der Waals surface area contributed by atoms with E-state index < -0.39 is 0 Å². The lowest BCUT2D eigenvalue weighted by atomic mass is 9.98. The molecule has 0 saturated heterocycles. The summed E-state index contributed by atoms with van der Waals surface area (Å²) < 4.78 is 4.76.